The molecular formula is C16H14BrNO. The van der Waals surface area contributed by atoms with Crippen molar-refractivity contribution in [3.63, 3.8) is 0 Å². The zero-order chi connectivity index (χ0) is 13.6. The molecule has 0 fully saturated rings. The predicted molar refractivity (Wildman–Crippen MR) is 80.5 cm³/mol. The Morgan fingerprint density at radius 1 is 1.05 bits per heavy atom. The van der Waals surface area contributed by atoms with Crippen LogP contribution in [0.25, 0.3) is 0 Å². The van der Waals surface area contributed by atoms with E-state index in [1.54, 1.807) is 0 Å². The van der Waals surface area contributed by atoms with E-state index in [4.69, 9.17) is 0 Å². The monoisotopic (exact) mass is 315 g/mol. The van der Waals surface area contributed by atoms with Gasteiger partial charge >= 0.3 is 0 Å². The maximum atomic E-state index is 12.3. The zero-order valence-electron chi connectivity index (χ0n) is 10.8. The van der Waals surface area contributed by atoms with E-state index < -0.39 is 0 Å². The lowest BCUT2D eigenvalue weighted by Crippen LogP contribution is -2.14. The van der Waals surface area contributed by atoms with E-state index in [2.05, 4.69) is 53.3 Å². The molecule has 1 N–H and O–H groups in total. The number of anilines is 1. The van der Waals surface area contributed by atoms with Crippen LogP contribution in [0.5, 0.6) is 0 Å². The van der Waals surface area contributed by atoms with E-state index in [-0.39, 0.29) is 11.8 Å². The summed E-state index contributed by atoms with van der Waals surface area (Å²) in [4.78, 5) is 12.3. The molecule has 0 saturated carbocycles. The number of hydrogen-bond donors (Lipinski definition) is 1. The first-order chi connectivity index (χ1) is 9.06. The van der Waals surface area contributed by atoms with Crippen LogP contribution in [-0.4, -0.2) is 5.91 Å². The fourth-order valence-electron chi connectivity index (χ4n) is 2.61. The molecular weight excluding hydrogens is 302 g/mol. The highest BCUT2D eigenvalue weighted by Crippen LogP contribution is 2.39. The SMILES string of the molecule is Cc1ccc(C)c(C2C(=O)Nc3ccc(Br)cc32)c1. The van der Waals surface area contributed by atoms with Gasteiger partial charge in [0, 0.05) is 10.2 Å². The van der Waals surface area contributed by atoms with Gasteiger partial charge in [0.05, 0.1) is 5.92 Å². The van der Waals surface area contributed by atoms with Crippen molar-refractivity contribution >= 4 is 27.5 Å². The molecule has 3 heteroatoms. The number of carbonyl (C=O) groups is 1. The molecule has 2 aromatic rings. The van der Waals surface area contributed by atoms with Crippen LogP contribution in [0.2, 0.25) is 0 Å². The van der Waals surface area contributed by atoms with Crippen LogP contribution in [-0.2, 0) is 4.79 Å². The number of rotatable bonds is 1. The maximum absolute atomic E-state index is 12.3. The largest absolute Gasteiger partial charge is 0.325 e. The van der Waals surface area contributed by atoms with Crippen molar-refractivity contribution in [1.82, 2.24) is 0 Å². The predicted octanol–water partition coefficient (Wildman–Crippen LogP) is 4.15. The average Bonchev–Trinajstić information content (AvgIpc) is 2.68. The topological polar surface area (TPSA) is 29.1 Å². The molecule has 1 heterocycles. The van der Waals surface area contributed by atoms with Crippen molar-refractivity contribution in [1.29, 1.82) is 0 Å². The summed E-state index contributed by atoms with van der Waals surface area (Å²) < 4.78 is 0.998. The summed E-state index contributed by atoms with van der Waals surface area (Å²) in [7, 11) is 0. The minimum atomic E-state index is -0.201. The highest BCUT2D eigenvalue weighted by Gasteiger charge is 2.32. The summed E-state index contributed by atoms with van der Waals surface area (Å²) >= 11 is 3.48. The fourth-order valence-corrected chi connectivity index (χ4v) is 2.99. The van der Waals surface area contributed by atoms with Gasteiger partial charge < -0.3 is 5.32 Å². The first-order valence-corrected chi connectivity index (χ1v) is 7.03. The van der Waals surface area contributed by atoms with Gasteiger partial charge in [0.1, 0.15) is 0 Å². The lowest BCUT2D eigenvalue weighted by atomic mass is 9.88. The molecule has 3 rings (SSSR count). The molecule has 2 nitrogen and oxygen atoms in total. The van der Waals surface area contributed by atoms with Gasteiger partial charge in [-0.2, -0.15) is 0 Å². The van der Waals surface area contributed by atoms with Crippen LogP contribution in [0.15, 0.2) is 40.9 Å². The van der Waals surface area contributed by atoms with E-state index in [0.717, 1.165) is 26.9 Å². The van der Waals surface area contributed by atoms with Crippen molar-refractivity contribution in [3.05, 3.63) is 63.1 Å². The summed E-state index contributed by atoms with van der Waals surface area (Å²) in [5.41, 5.74) is 5.39. The number of benzene rings is 2. The van der Waals surface area contributed by atoms with Crippen LogP contribution < -0.4 is 5.32 Å². The zero-order valence-corrected chi connectivity index (χ0v) is 12.4. The van der Waals surface area contributed by atoms with Crippen molar-refractivity contribution < 1.29 is 4.79 Å². The second kappa shape index (κ2) is 4.49. The van der Waals surface area contributed by atoms with Gasteiger partial charge in [-0.3, -0.25) is 4.79 Å². The van der Waals surface area contributed by atoms with Gasteiger partial charge in [-0.1, -0.05) is 39.7 Å². The molecule has 0 radical (unpaired) electrons. The van der Waals surface area contributed by atoms with E-state index in [0.29, 0.717) is 0 Å². The third-order valence-corrected chi connectivity index (χ3v) is 4.08. The van der Waals surface area contributed by atoms with Gasteiger partial charge in [-0.25, -0.2) is 0 Å². The van der Waals surface area contributed by atoms with Crippen molar-refractivity contribution in [2.75, 3.05) is 5.32 Å². The number of carbonyl (C=O) groups excluding carboxylic acids is 1. The number of aryl methyl sites for hydroxylation is 2. The number of halogens is 1. The highest BCUT2D eigenvalue weighted by atomic mass is 79.9. The van der Waals surface area contributed by atoms with Crippen LogP contribution in [0.4, 0.5) is 5.69 Å². The second-order valence-electron chi connectivity index (χ2n) is 5.01. The standard InChI is InChI=1S/C16H14BrNO/c1-9-3-4-10(2)12(7-9)15-13-8-11(17)5-6-14(13)18-16(15)19/h3-8,15H,1-2H3,(H,18,19). The summed E-state index contributed by atoms with van der Waals surface area (Å²) in [5.74, 6) is -0.144. The van der Waals surface area contributed by atoms with Crippen molar-refractivity contribution in [2.24, 2.45) is 0 Å². The molecule has 19 heavy (non-hydrogen) atoms. The molecule has 0 aromatic heterocycles. The number of hydrogen-bond acceptors (Lipinski definition) is 1. The lowest BCUT2D eigenvalue weighted by molar-refractivity contribution is -0.116. The Balaban J connectivity index is 2.19. The van der Waals surface area contributed by atoms with Crippen LogP contribution in [0.3, 0.4) is 0 Å². The van der Waals surface area contributed by atoms with E-state index in [1.165, 1.54) is 5.56 Å². The number of amides is 1. The molecule has 1 unspecified atom stereocenters. The Morgan fingerprint density at radius 3 is 2.63 bits per heavy atom. The van der Waals surface area contributed by atoms with Gasteiger partial charge in [-0.15, -0.1) is 0 Å². The highest BCUT2D eigenvalue weighted by molar-refractivity contribution is 9.10. The first kappa shape index (κ1) is 12.4. The molecule has 0 spiro atoms. The molecule has 1 atom stereocenters. The summed E-state index contributed by atoms with van der Waals surface area (Å²) in [5, 5.41) is 2.96. The number of nitrogens with one attached hydrogen (secondary N) is 1. The summed E-state index contributed by atoms with van der Waals surface area (Å²) in [6, 6.07) is 12.2. The molecule has 1 aliphatic heterocycles. The third kappa shape index (κ3) is 2.08. The van der Waals surface area contributed by atoms with Crippen LogP contribution in [0.1, 0.15) is 28.2 Å². The molecule has 0 aliphatic carbocycles. The molecule has 0 bridgehead atoms. The lowest BCUT2D eigenvalue weighted by Gasteiger charge is -2.13. The fraction of sp³-hybridized carbons (Fsp3) is 0.188. The molecule has 1 amide bonds. The van der Waals surface area contributed by atoms with Gasteiger partial charge in [0.25, 0.3) is 0 Å². The van der Waals surface area contributed by atoms with Crippen molar-refractivity contribution in [2.45, 2.75) is 19.8 Å². The summed E-state index contributed by atoms with van der Waals surface area (Å²) in [6.45, 7) is 4.11. The Hall–Kier alpha value is -1.61. The molecule has 96 valence electrons. The average molecular weight is 316 g/mol. The Morgan fingerprint density at radius 2 is 1.84 bits per heavy atom. The van der Waals surface area contributed by atoms with Crippen LogP contribution >= 0.6 is 15.9 Å². The molecule has 0 saturated heterocycles. The molecule has 1 aliphatic rings. The van der Waals surface area contributed by atoms with Gasteiger partial charge in [-0.05, 0) is 48.7 Å². The van der Waals surface area contributed by atoms with Crippen LogP contribution in [0, 0.1) is 13.8 Å². The summed E-state index contributed by atoms with van der Waals surface area (Å²) in [6.07, 6.45) is 0. The Kier molecular flexibility index (Phi) is 2.94. The van der Waals surface area contributed by atoms with E-state index in [1.807, 2.05) is 18.2 Å². The Bertz CT molecular complexity index is 678. The quantitative estimate of drug-likeness (QED) is 0.841. The first-order valence-electron chi connectivity index (χ1n) is 6.24. The van der Waals surface area contributed by atoms with Gasteiger partial charge in [0.2, 0.25) is 5.91 Å². The number of fused-ring (bicyclic) bond motifs is 1. The van der Waals surface area contributed by atoms with E-state index in [9.17, 15) is 4.79 Å². The minimum absolute atomic E-state index is 0.0572. The maximum Gasteiger partial charge on any atom is 0.236 e. The van der Waals surface area contributed by atoms with Crippen molar-refractivity contribution in [3.8, 4) is 0 Å². The second-order valence-corrected chi connectivity index (χ2v) is 5.93. The third-order valence-electron chi connectivity index (χ3n) is 3.59. The van der Waals surface area contributed by atoms with Gasteiger partial charge in [0.15, 0.2) is 0 Å². The Labute approximate surface area is 121 Å². The normalized spacial score (nSPS) is 17.2. The minimum Gasteiger partial charge on any atom is -0.325 e. The smallest absolute Gasteiger partial charge is 0.236 e. The van der Waals surface area contributed by atoms with E-state index >= 15 is 0 Å². The molecule has 2 aromatic carbocycles.